The van der Waals surface area contributed by atoms with Crippen molar-refractivity contribution in [1.29, 1.82) is 0 Å². The molecular formula is C20H18F5N3O4S. The fourth-order valence-electron chi connectivity index (χ4n) is 3.12. The summed E-state index contributed by atoms with van der Waals surface area (Å²) in [6.45, 7) is 1.94. The van der Waals surface area contributed by atoms with Gasteiger partial charge in [0.25, 0.3) is 10.0 Å². The van der Waals surface area contributed by atoms with E-state index in [1.54, 1.807) is 0 Å². The second kappa shape index (κ2) is 8.89. The number of aryl methyl sites for hydroxylation is 1. The number of halogens is 5. The predicted octanol–water partition coefficient (Wildman–Crippen LogP) is 4.06. The van der Waals surface area contributed by atoms with Crippen molar-refractivity contribution < 1.29 is 39.8 Å². The van der Waals surface area contributed by atoms with E-state index in [9.17, 15) is 30.4 Å². The Kier molecular flexibility index (Phi) is 6.54. The molecule has 1 N–H and O–H groups in total. The van der Waals surface area contributed by atoms with Crippen LogP contribution in [0.2, 0.25) is 0 Å². The molecule has 0 spiro atoms. The van der Waals surface area contributed by atoms with Gasteiger partial charge in [0.1, 0.15) is 16.4 Å². The molecular weight excluding hydrogens is 473 g/mol. The fourth-order valence-corrected chi connectivity index (χ4v) is 4.48. The number of nitrogens with zero attached hydrogens (tertiary/aromatic N) is 2. The highest BCUT2D eigenvalue weighted by atomic mass is 32.2. The van der Waals surface area contributed by atoms with Crippen LogP contribution < -0.4 is 14.2 Å². The third-order valence-corrected chi connectivity index (χ3v) is 6.26. The van der Waals surface area contributed by atoms with Gasteiger partial charge in [0.15, 0.2) is 23.3 Å². The minimum atomic E-state index is -4.25. The van der Waals surface area contributed by atoms with E-state index >= 15 is 0 Å². The summed E-state index contributed by atoms with van der Waals surface area (Å²) in [5, 5.41) is 3.99. The fraction of sp³-hybridized carbons (Fsp3) is 0.250. The molecule has 0 bridgehead atoms. The van der Waals surface area contributed by atoms with Crippen LogP contribution >= 0.6 is 0 Å². The first kappa shape index (κ1) is 24.3. The Bertz CT molecular complexity index is 1310. The second-order valence-electron chi connectivity index (χ2n) is 6.87. The topological polar surface area (TPSA) is 82.4 Å². The molecule has 33 heavy (non-hydrogen) atoms. The van der Waals surface area contributed by atoms with Crippen LogP contribution in [0, 0.1) is 42.9 Å². The summed E-state index contributed by atoms with van der Waals surface area (Å²) in [5.41, 5.74) is -0.978. The highest BCUT2D eigenvalue weighted by Crippen LogP contribution is 2.32. The number of hydrogen-bond donors (Lipinski definition) is 1. The van der Waals surface area contributed by atoms with Crippen LogP contribution in [0.1, 0.15) is 17.0 Å². The minimum absolute atomic E-state index is 0.0207. The van der Waals surface area contributed by atoms with Crippen molar-refractivity contribution in [3.8, 4) is 11.5 Å². The van der Waals surface area contributed by atoms with Crippen LogP contribution in [0.4, 0.5) is 27.6 Å². The molecule has 0 aliphatic rings. The summed E-state index contributed by atoms with van der Waals surface area (Å²) in [6.07, 6.45) is 0. The van der Waals surface area contributed by atoms with E-state index in [-0.39, 0.29) is 33.5 Å². The van der Waals surface area contributed by atoms with Crippen LogP contribution in [0.5, 0.6) is 11.5 Å². The quantitative estimate of drug-likeness (QED) is 0.306. The van der Waals surface area contributed by atoms with Gasteiger partial charge in [-0.15, -0.1) is 0 Å². The predicted molar refractivity (Wildman–Crippen MR) is 107 cm³/mol. The summed E-state index contributed by atoms with van der Waals surface area (Å²) in [7, 11) is -1.63. The van der Waals surface area contributed by atoms with Crippen molar-refractivity contribution in [3.05, 3.63) is 64.2 Å². The minimum Gasteiger partial charge on any atom is -0.497 e. The van der Waals surface area contributed by atoms with E-state index in [4.69, 9.17) is 9.47 Å². The van der Waals surface area contributed by atoms with Gasteiger partial charge in [-0.3, -0.25) is 9.40 Å². The van der Waals surface area contributed by atoms with E-state index in [0.717, 1.165) is 4.68 Å². The highest BCUT2D eigenvalue weighted by molar-refractivity contribution is 7.92. The molecule has 2 aromatic carbocycles. The van der Waals surface area contributed by atoms with Crippen molar-refractivity contribution in [2.24, 2.45) is 0 Å². The van der Waals surface area contributed by atoms with Gasteiger partial charge >= 0.3 is 0 Å². The first-order chi connectivity index (χ1) is 15.4. The second-order valence-corrected chi connectivity index (χ2v) is 8.53. The molecule has 0 saturated carbocycles. The first-order valence-electron chi connectivity index (χ1n) is 9.22. The average Bonchev–Trinajstić information content (AvgIpc) is 3.05. The molecule has 0 aliphatic carbocycles. The molecule has 178 valence electrons. The number of aromatic nitrogens is 2. The third-order valence-electron chi connectivity index (χ3n) is 4.89. The number of methoxy groups -OCH3 is 2. The first-order valence-corrected chi connectivity index (χ1v) is 10.7. The monoisotopic (exact) mass is 491 g/mol. The Morgan fingerprint density at radius 3 is 2.06 bits per heavy atom. The van der Waals surface area contributed by atoms with Gasteiger partial charge in [0.2, 0.25) is 5.82 Å². The van der Waals surface area contributed by atoms with E-state index in [2.05, 4.69) is 9.82 Å². The van der Waals surface area contributed by atoms with E-state index in [0.29, 0.717) is 0 Å². The standard InChI is InChI=1S/C20H18F5N3O4S/c1-9-20(27-33(29,30)14-7-11(31-3)5-6-13(14)32-4)10(2)28(26-9)8-12-15(21)17(23)19(25)18(24)16(12)22/h5-7,27H,8H2,1-4H3. The molecule has 3 aromatic rings. The van der Waals surface area contributed by atoms with Gasteiger partial charge in [-0.1, -0.05) is 0 Å². The number of nitrogens with one attached hydrogen (secondary N) is 1. The van der Waals surface area contributed by atoms with Crippen LogP contribution in [0.25, 0.3) is 0 Å². The van der Waals surface area contributed by atoms with Crippen LogP contribution in [0.3, 0.4) is 0 Å². The van der Waals surface area contributed by atoms with Crippen LogP contribution in [-0.4, -0.2) is 32.4 Å². The van der Waals surface area contributed by atoms with Crippen molar-refractivity contribution in [2.45, 2.75) is 25.3 Å². The molecule has 0 saturated heterocycles. The highest BCUT2D eigenvalue weighted by Gasteiger charge is 2.28. The SMILES string of the molecule is COc1ccc(OC)c(S(=O)(=O)Nc2c(C)nn(Cc3c(F)c(F)c(F)c(F)c3F)c2C)c1. The smallest absolute Gasteiger partial charge is 0.265 e. The van der Waals surface area contributed by atoms with Gasteiger partial charge in [-0.05, 0) is 26.0 Å². The molecule has 0 atom stereocenters. The molecule has 0 radical (unpaired) electrons. The zero-order valence-electron chi connectivity index (χ0n) is 17.8. The largest absolute Gasteiger partial charge is 0.497 e. The number of rotatable bonds is 7. The van der Waals surface area contributed by atoms with Crippen molar-refractivity contribution in [2.75, 3.05) is 18.9 Å². The summed E-state index contributed by atoms with van der Waals surface area (Å²) in [4.78, 5) is -0.254. The molecule has 3 rings (SSSR count). The Morgan fingerprint density at radius 2 is 1.52 bits per heavy atom. The molecule has 13 heteroatoms. The summed E-state index contributed by atoms with van der Waals surface area (Å²) >= 11 is 0. The lowest BCUT2D eigenvalue weighted by atomic mass is 10.1. The van der Waals surface area contributed by atoms with Gasteiger partial charge in [0.05, 0.1) is 43.4 Å². The number of ether oxygens (including phenoxy) is 2. The van der Waals surface area contributed by atoms with E-state index in [1.165, 1.54) is 46.3 Å². The van der Waals surface area contributed by atoms with Crippen molar-refractivity contribution in [3.63, 3.8) is 0 Å². The van der Waals surface area contributed by atoms with Gasteiger partial charge in [-0.25, -0.2) is 30.4 Å². The van der Waals surface area contributed by atoms with Gasteiger partial charge in [-0.2, -0.15) is 5.10 Å². The van der Waals surface area contributed by atoms with Crippen LogP contribution in [-0.2, 0) is 16.6 Å². The summed E-state index contributed by atoms with van der Waals surface area (Å²) in [6, 6.07) is 4.11. The lowest BCUT2D eigenvalue weighted by Crippen LogP contribution is -2.16. The Balaban J connectivity index is 2.03. The molecule has 1 aromatic heterocycles. The summed E-state index contributed by atoms with van der Waals surface area (Å²) in [5.74, 6) is -10.2. The Morgan fingerprint density at radius 1 is 0.939 bits per heavy atom. The lowest BCUT2D eigenvalue weighted by Gasteiger charge is -2.13. The maximum Gasteiger partial charge on any atom is 0.265 e. The van der Waals surface area contributed by atoms with E-state index in [1.807, 2.05) is 0 Å². The van der Waals surface area contributed by atoms with Gasteiger partial charge < -0.3 is 9.47 Å². The lowest BCUT2D eigenvalue weighted by molar-refractivity contribution is 0.366. The number of sulfonamides is 1. The molecule has 0 amide bonds. The van der Waals surface area contributed by atoms with E-state index < -0.39 is 51.2 Å². The Hall–Kier alpha value is -3.35. The Labute approximate surface area is 185 Å². The number of hydrogen-bond acceptors (Lipinski definition) is 5. The van der Waals surface area contributed by atoms with Gasteiger partial charge in [0, 0.05) is 6.07 Å². The maximum absolute atomic E-state index is 14.1. The molecule has 0 unspecified atom stereocenters. The van der Waals surface area contributed by atoms with Crippen molar-refractivity contribution >= 4 is 15.7 Å². The van der Waals surface area contributed by atoms with Crippen LogP contribution in [0.15, 0.2) is 23.1 Å². The summed E-state index contributed by atoms with van der Waals surface area (Å²) < 4.78 is 108. The average molecular weight is 491 g/mol. The molecule has 1 heterocycles. The number of anilines is 1. The zero-order valence-corrected chi connectivity index (χ0v) is 18.6. The third kappa shape index (κ3) is 4.32. The number of benzene rings is 2. The molecule has 0 fully saturated rings. The molecule has 7 nitrogen and oxygen atoms in total. The molecule has 0 aliphatic heterocycles. The zero-order chi connectivity index (χ0) is 24.7. The maximum atomic E-state index is 14.1. The normalized spacial score (nSPS) is 11.5. The van der Waals surface area contributed by atoms with Crippen molar-refractivity contribution in [1.82, 2.24) is 9.78 Å².